The highest BCUT2D eigenvalue weighted by molar-refractivity contribution is 6.25. The van der Waals surface area contributed by atoms with Crippen molar-refractivity contribution in [3.8, 4) is 0 Å². The zero-order chi connectivity index (χ0) is 9.68. The summed E-state index contributed by atoms with van der Waals surface area (Å²) in [4.78, 5) is 0. The minimum absolute atomic E-state index is 0.701. The van der Waals surface area contributed by atoms with Crippen molar-refractivity contribution >= 4 is 11.6 Å². The SMILES string of the molecule is CC1CC(C)CC(NC/C=C/Cl)C1. The summed E-state index contributed by atoms with van der Waals surface area (Å²) < 4.78 is 0. The fourth-order valence-corrected chi connectivity index (χ4v) is 2.48. The maximum atomic E-state index is 5.46. The molecule has 2 atom stereocenters. The van der Waals surface area contributed by atoms with Gasteiger partial charge in [-0.3, -0.25) is 0 Å². The van der Waals surface area contributed by atoms with E-state index in [4.69, 9.17) is 11.6 Å². The van der Waals surface area contributed by atoms with E-state index in [1.807, 2.05) is 6.08 Å². The summed E-state index contributed by atoms with van der Waals surface area (Å²) in [6.07, 6.45) is 6.00. The third-order valence-corrected chi connectivity index (χ3v) is 2.97. The van der Waals surface area contributed by atoms with E-state index in [-0.39, 0.29) is 0 Å². The highest BCUT2D eigenvalue weighted by Crippen LogP contribution is 2.28. The van der Waals surface area contributed by atoms with Crippen LogP contribution < -0.4 is 5.32 Å². The van der Waals surface area contributed by atoms with Gasteiger partial charge in [-0.15, -0.1) is 0 Å². The lowest BCUT2D eigenvalue weighted by molar-refractivity contribution is 0.243. The van der Waals surface area contributed by atoms with Crippen LogP contribution in [0.4, 0.5) is 0 Å². The van der Waals surface area contributed by atoms with Gasteiger partial charge in [0, 0.05) is 18.1 Å². The van der Waals surface area contributed by atoms with Gasteiger partial charge in [-0.1, -0.05) is 31.5 Å². The van der Waals surface area contributed by atoms with Gasteiger partial charge < -0.3 is 5.32 Å². The van der Waals surface area contributed by atoms with Crippen molar-refractivity contribution in [2.75, 3.05) is 6.54 Å². The number of rotatable bonds is 3. The molecule has 1 rings (SSSR count). The zero-order valence-corrected chi connectivity index (χ0v) is 9.35. The summed E-state index contributed by atoms with van der Waals surface area (Å²) in [5.41, 5.74) is 1.59. The minimum Gasteiger partial charge on any atom is -0.310 e. The second-order valence-electron chi connectivity index (χ2n) is 4.38. The van der Waals surface area contributed by atoms with E-state index >= 15 is 0 Å². The molecule has 0 aromatic rings. The van der Waals surface area contributed by atoms with Crippen LogP contribution in [0.2, 0.25) is 0 Å². The molecule has 0 aromatic carbocycles. The van der Waals surface area contributed by atoms with Gasteiger partial charge in [0.1, 0.15) is 0 Å². The van der Waals surface area contributed by atoms with Crippen LogP contribution >= 0.6 is 11.6 Å². The molecule has 0 amide bonds. The molecule has 1 nitrogen and oxygen atoms in total. The molecule has 1 aliphatic carbocycles. The Labute approximate surface area is 86.5 Å². The van der Waals surface area contributed by atoms with Gasteiger partial charge in [0.2, 0.25) is 0 Å². The molecular formula is C11H20ClN. The Morgan fingerprint density at radius 2 is 1.85 bits per heavy atom. The number of hydrogen-bond acceptors (Lipinski definition) is 1. The molecule has 1 fully saturated rings. The molecule has 0 radical (unpaired) electrons. The third kappa shape index (κ3) is 4.15. The molecule has 0 saturated heterocycles. The molecular weight excluding hydrogens is 182 g/mol. The second-order valence-corrected chi connectivity index (χ2v) is 4.64. The normalized spacial score (nSPS) is 35.5. The topological polar surface area (TPSA) is 12.0 Å². The van der Waals surface area contributed by atoms with E-state index in [2.05, 4.69) is 19.2 Å². The Kier molecular flexibility index (Phi) is 4.82. The van der Waals surface area contributed by atoms with Gasteiger partial charge in [0.25, 0.3) is 0 Å². The summed E-state index contributed by atoms with van der Waals surface area (Å²) >= 11 is 5.46. The van der Waals surface area contributed by atoms with Gasteiger partial charge in [0.15, 0.2) is 0 Å². The van der Waals surface area contributed by atoms with Crippen LogP contribution in [0.5, 0.6) is 0 Å². The largest absolute Gasteiger partial charge is 0.310 e. The highest BCUT2D eigenvalue weighted by atomic mass is 35.5. The standard InChI is InChI=1S/C11H20ClN/c1-9-6-10(2)8-11(7-9)13-5-3-4-12/h3-4,9-11,13H,5-8H2,1-2H3/b4-3+. The average Bonchev–Trinajstić information content (AvgIpc) is 2.03. The van der Waals surface area contributed by atoms with Crippen LogP contribution in [-0.4, -0.2) is 12.6 Å². The van der Waals surface area contributed by atoms with Crippen molar-refractivity contribution in [2.45, 2.75) is 39.2 Å². The van der Waals surface area contributed by atoms with Crippen molar-refractivity contribution in [2.24, 2.45) is 11.8 Å². The minimum atomic E-state index is 0.701. The molecule has 0 heterocycles. The third-order valence-electron chi connectivity index (χ3n) is 2.79. The summed E-state index contributed by atoms with van der Waals surface area (Å²) in [7, 11) is 0. The quantitative estimate of drug-likeness (QED) is 0.740. The molecule has 0 aliphatic heterocycles. The second kappa shape index (κ2) is 5.66. The summed E-state index contributed by atoms with van der Waals surface area (Å²) in [6.45, 7) is 5.61. The molecule has 0 bridgehead atoms. The fraction of sp³-hybridized carbons (Fsp3) is 0.818. The Balaban J connectivity index is 2.24. The van der Waals surface area contributed by atoms with Crippen molar-refractivity contribution in [3.05, 3.63) is 11.6 Å². The first-order chi connectivity index (χ1) is 6.22. The van der Waals surface area contributed by atoms with Crippen LogP contribution in [0.1, 0.15) is 33.1 Å². The highest BCUT2D eigenvalue weighted by Gasteiger charge is 2.22. The van der Waals surface area contributed by atoms with Gasteiger partial charge in [-0.05, 0) is 31.1 Å². The van der Waals surface area contributed by atoms with Crippen molar-refractivity contribution in [1.82, 2.24) is 5.32 Å². The first kappa shape index (κ1) is 11.1. The molecule has 0 aromatic heterocycles. The smallest absolute Gasteiger partial charge is 0.0149 e. The summed E-state index contributed by atoms with van der Waals surface area (Å²) in [5, 5.41) is 3.51. The fourth-order valence-electron chi connectivity index (χ4n) is 2.39. The van der Waals surface area contributed by atoms with Gasteiger partial charge >= 0.3 is 0 Å². The first-order valence-corrected chi connectivity index (χ1v) is 5.64. The van der Waals surface area contributed by atoms with Crippen molar-refractivity contribution in [1.29, 1.82) is 0 Å². The summed E-state index contributed by atoms with van der Waals surface area (Å²) in [5.74, 6) is 1.75. The van der Waals surface area contributed by atoms with Crippen LogP contribution in [-0.2, 0) is 0 Å². The zero-order valence-electron chi connectivity index (χ0n) is 8.59. The van der Waals surface area contributed by atoms with E-state index in [1.165, 1.54) is 19.3 Å². The number of nitrogens with one attached hydrogen (secondary N) is 1. The van der Waals surface area contributed by atoms with Gasteiger partial charge in [0.05, 0.1) is 0 Å². The average molecular weight is 202 g/mol. The molecule has 1 N–H and O–H groups in total. The first-order valence-electron chi connectivity index (χ1n) is 5.21. The Morgan fingerprint density at radius 3 is 2.38 bits per heavy atom. The molecule has 0 spiro atoms. The molecule has 1 saturated carbocycles. The van der Waals surface area contributed by atoms with Gasteiger partial charge in [-0.25, -0.2) is 0 Å². The maximum Gasteiger partial charge on any atom is 0.0149 e. The number of halogens is 1. The van der Waals surface area contributed by atoms with Crippen molar-refractivity contribution < 1.29 is 0 Å². The van der Waals surface area contributed by atoms with E-state index in [9.17, 15) is 0 Å². The molecule has 2 unspecified atom stereocenters. The van der Waals surface area contributed by atoms with Crippen molar-refractivity contribution in [3.63, 3.8) is 0 Å². The van der Waals surface area contributed by atoms with Crippen LogP contribution in [0, 0.1) is 11.8 Å². The molecule has 13 heavy (non-hydrogen) atoms. The lowest BCUT2D eigenvalue weighted by Gasteiger charge is -2.31. The Bertz CT molecular complexity index is 157. The van der Waals surface area contributed by atoms with Crippen LogP contribution in [0.25, 0.3) is 0 Å². The van der Waals surface area contributed by atoms with E-state index in [0.29, 0.717) is 6.04 Å². The Hall–Kier alpha value is -0.0100. The molecule has 2 heteroatoms. The van der Waals surface area contributed by atoms with Gasteiger partial charge in [-0.2, -0.15) is 0 Å². The monoisotopic (exact) mass is 201 g/mol. The van der Waals surface area contributed by atoms with E-state index in [0.717, 1.165) is 18.4 Å². The maximum absolute atomic E-state index is 5.46. The van der Waals surface area contributed by atoms with E-state index < -0.39 is 0 Å². The molecule has 76 valence electrons. The molecule has 1 aliphatic rings. The predicted molar refractivity (Wildman–Crippen MR) is 59.0 cm³/mol. The lowest BCUT2D eigenvalue weighted by Crippen LogP contribution is -2.36. The number of hydrogen-bond donors (Lipinski definition) is 1. The lowest BCUT2D eigenvalue weighted by atomic mass is 9.80. The Morgan fingerprint density at radius 1 is 1.23 bits per heavy atom. The van der Waals surface area contributed by atoms with Crippen LogP contribution in [0.15, 0.2) is 11.6 Å². The van der Waals surface area contributed by atoms with Crippen LogP contribution in [0.3, 0.4) is 0 Å². The predicted octanol–water partition coefficient (Wildman–Crippen LogP) is 3.15. The summed E-state index contributed by atoms with van der Waals surface area (Å²) in [6, 6.07) is 0.701. The van der Waals surface area contributed by atoms with E-state index in [1.54, 1.807) is 5.54 Å².